The number of thiophene rings is 1. The Morgan fingerprint density at radius 1 is 1.23 bits per heavy atom. The van der Waals surface area contributed by atoms with Crippen molar-refractivity contribution in [3.8, 4) is 0 Å². The van der Waals surface area contributed by atoms with Crippen molar-refractivity contribution in [2.45, 2.75) is 19.3 Å². The highest BCUT2D eigenvalue weighted by Gasteiger charge is 2.27. The number of rotatable bonds is 5. The molecule has 5 heteroatoms. The van der Waals surface area contributed by atoms with Gasteiger partial charge in [-0.3, -0.25) is 9.59 Å². The number of ketones is 1. The van der Waals surface area contributed by atoms with Crippen LogP contribution in [0.15, 0.2) is 30.3 Å². The largest absolute Gasteiger partial charge is 0.316 e. The Balaban J connectivity index is 1.98. The van der Waals surface area contributed by atoms with E-state index in [1.54, 1.807) is 11.3 Å². The standard InChI is InChI=1S/C17H17NO2S2/c1-21-10-14(19)18-17-15(12-8-5-9-13(12)22-17)16(20)11-6-3-2-4-7-11/h2-4,6-7H,5,8-10H2,1H3,(H,18,19). The maximum Gasteiger partial charge on any atom is 0.234 e. The number of hydrogen-bond donors (Lipinski definition) is 1. The van der Waals surface area contributed by atoms with Crippen molar-refractivity contribution in [1.29, 1.82) is 0 Å². The minimum Gasteiger partial charge on any atom is -0.316 e. The van der Waals surface area contributed by atoms with Crippen molar-refractivity contribution >= 4 is 39.8 Å². The topological polar surface area (TPSA) is 46.2 Å². The van der Waals surface area contributed by atoms with Crippen molar-refractivity contribution in [1.82, 2.24) is 0 Å². The van der Waals surface area contributed by atoms with Crippen LogP contribution in [-0.4, -0.2) is 23.7 Å². The predicted octanol–water partition coefficient (Wildman–Crippen LogP) is 3.77. The number of nitrogens with one attached hydrogen (secondary N) is 1. The molecule has 1 aromatic carbocycles. The highest BCUT2D eigenvalue weighted by molar-refractivity contribution is 7.99. The first-order valence-corrected chi connectivity index (χ1v) is 9.45. The van der Waals surface area contributed by atoms with Gasteiger partial charge >= 0.3 is 0 Å². The van der Waals surface area contributed by atoms with Gasteiger partial charge in [0, 0.05) is 10.4 Å². The van der Waals surface area contributed by atoms with Gasteiger partial charge in [-0.1, -0.05) is 30.3 Å². The number of anilines is 1. The van der Waals surface area contributed by atoms with Crippen LogP contribution in [-0.2, 0) is 17.6 Å². The third-order valence-electron chi connectivity index (χ3n) is 3.71. The molecule has 0 bridgehead atoms. The van der Waals surface area contributed by atoms with Crippen LogP contribution in [0, 0.1) is 0 Å². The summed E-state index contributed by atoms with van der Waals surface area (Å²) >= 11 is 3.04. The lowest BCUT2D eigenvalue weighted by molar-refractivity contribution is -0.113. The Kier molecular flexibility index (Phi) is 4.64. The van der Waals surface area contributed by atoms with Crippen LogP contribution in [0.3, 0.4) is 0 Å². The first-order chi connectivity index (χ1) is 10.7. The van der Waals surface area contributed by atoms with Gasteiger partial charge in [0.15, 0.2) is 5.78 Å². The fourth-order valence-corrected chi connectivity index (χ4v) is 4.40. The number of thioether (sulfide) groups is 1. The summed E-state index contributed by atoms with van der Waals surface area (Å²) < 4.78 is 0. The number of carbonyl (C=O) groups is 2. The Morgan fingerprint density at radius 2 is 2.00 bits per heavy atom. The molecule has 1 aromatic heterocycles. The van der Waals surface area contributed by atoms with Gasteiger partial charge in [0.25, 0.3) is 0 Å². The Labute approximate surface area is 138 Å². The van der Waals surface area contributed by atoms with Gasteiger partial charge in [-0.2, -0.15) is 11.8 Å². The highest BCUT2D eigenvalue weighted by Crippen LogP contribution is 2.40. The molecule has 0 radical (unpaired) electrons. The number of amides is 1. The molecule has 1 N–H and O–H groups in total. The first-order valence-electron chi connectivity index (χ1n) is 7.23. The molecule has 0 spiro atoms. The number of hydrogen-bond acceptors (Lipinski definition) is 4. The molecule has 0 atom stereocenters. The fourth-order valence-electron chi connectivity index (χ4n) is 2.76. The zero-order valence-corrected chi connectivity index (χ0v) is 14.0. The zero-order valence-electron chi connectivity index (χ0n) is 12.3. The lowest BCUT2D eigenvalue weighted by Crippen LogP contribution is -2.16. The van der Waals surface area contributed by atoms with E-state index in [4.69, 9.17) is 0 Å². The van der Waals surface area contributed by atoms with E-state index in [0.29, 0.717) is 16.9 Å². The summed E-state index contributed by atoms with van der Waals surface area (Å²) in [5, 5.41) is 3.65. The van der Waals surface area contributed by atoms with Crippen LogP contribution in [0.2, 0.25) is 0 Å². The molecule has 1 aliphatic carbocycles. The van der Waals surface area contributed by atoms with E-state index >= 15 is 0 Å². The summed E-state index contributed by atoms with van der Waals surface area (Å²) in [7, 11) is 0. The average Bonchev–Trinajstić information content (AvgIpc) is 3.08. The van der Waals surface area contributed by atoms with Crippen molar-refractivity contribution in [3.63, 3.8) is 0 Å². The van der Waals surface area contributed by atoms with Crippen molar-refractivity contribution in [2.75, 3.05) is 17.3 Å². The number of aryl methyl sites for hydroxylation is 1. The highest BCUT2D eigenvalue weighted by atomic mass is 32.2. The molecule has 1 aliphatic rings. The summed E-state index contributed by atoms with van der Waals surface area (Å²) in [6.07, 6.45) is 4.92. The van der Waals surface area contributed by atoms with Gasteiger partial charge in [-0.05, 0) is 31.1 Å². The van der Waals surface area contributed by atoms with Crippen molar-refractivity contribution < 1.29 is 9.59 Å². The second kappa shape index (κ2) is 6.67. The van der Waals surface area contributed by atoms with Gasteiger partial charge in [0.05, 0.1) is 11.3 Å². The fraction of sp³-hybridized carbons (Fsp3) is 0.294. The second-order valence-electron chi connectivity index (χ2n) is 5.24. The maximum atomic E-state index is 12.9. The van der Waals surface area contributed by atoms with E-state index in [1.165, 1.54) is 16.6 Å². The van der Waals surface area contributed by atoms with Crippen molar-refractivity contribution in [3.05, 3.63) is 51.9 Å². The third-order valence-corrected chi connectivity index (χ3v) is 5.47. The third kappa shape index (κ3) is 2.96. The van der Waals surface area contributed by atoms with Gasteiger partial charge in [-0.25, -0.2) is 0 Å². The van der Waals surface area contributed by atoms with E-state index in [2.05, 4.69) is 5.32 Å². The van der Waals surface area contributed by atoms with Crippen molar-refractivity contribution in [2.24, 2.45) is 0 Å². The molecule has 114 valence electrons. The lowest BCUT2D eigenvalue weighted by atomic mass is 10.0. The molecular formula is C17H17NO2S2. The Morgan fingerprint density at radius 3 is 2.73 bits per heavy atom. The SMILES string of the molecule is CSCC(=O)Nc1sc2c(c1C(=O)c1ccccc1)CCC2. The van der Waals surface area contributed by atoms with E-state index in [9.17, 15) is 9.59 Å². The minimum atomic E-state index is -0.0467. The summed E-state index contributed by atoms with van der Waals surface area (Å²) in [4.78, 5) is 26.0. The van der Waals surface area contributed by atoms with Crippen LogP contribution < -0.4 is 5.32 Å². The molecule has 3 nitrogen and oxygen atoms in total. The van der Waals surface area contributed by atoms with Crippen LogP contribution >= 0.6 is 23.1 Å². The molecular weight excluding hydrogens is 314 g/mol. The predicted molar refractivity (Wildman–Crippen MR) is 93.2 cm³/mol. The van der Waals surface area contributed by atoms with Crippen LogP contribution in [0.4, 0.5) is 5.00 Å². The molecule has 22 heavy (non-hydrogen) atoms. The summed E-state index contributed by atoms with van der Waals surface area (Å²) in [6.45, 7) is 0. The molecule has 0 saturated heterocycles. The minimum absolute atomic E-state index is 0.0134. The van der Waals surface area contributed by atoms with Gasteiger partial charge in [0.2, 0.25) is 5.91 Å². The second-order valence-corrected chi connectivity index (χ2v) is 7.21. The number of carbonyl (C=O) groups excluding carboxylic acids is 2. The Hall–Kier alpha value is -1.59. The molecule has 0 aliphatic heterocycles. The normalized spacial score (nSPS) is 13.0. The molecule has 3 rings (SSSR count). The van der Waals surface area contributed by atoms with Crippen LogP contribution in [0.1, 0.15) is 32.8 Å². The van der Waals surface area contributed by atoms with Crippen LogP contribution in [0.25, 0.3) is 0 Å². The first kappa shape index (κ1) is 15.3. The molecule has 0 unspecified atom stereocenters. The Bertz CT molecular complexity index is 707. The summed E-state index contributed by atoms with van der Waals surface area (Å²) in [6, 6.07) is 9.29. The molecule has 0 saturated carbocycles. The van der Waals surface area contributed by atoms with Gasteiger partial charge in [-0.15, -0.1) is 11.3 Å². The van der Waals surface area contributed by atoms with E-state index in [1.807, 2.05) is 36.6 Å². The molecule has 2 aromatic rings. The lowest BCUT2D eigenvalue weighted by Gasteiger charge is -2.07. The zero-order chi connectivity index (χ0) is 15.5. The summed E-state index contributed by atoms with van der Waals surface area (Å²) in [5.41, 5.74) is 2.52. The monoisotopic (exact) mass is 331 g/mol. The van der Waals surface area contributed by atoms with E-state index in [-0.39, 0.29) is 11.7 Å². The van der Waals surface area contributed by atoms with E-state index < -0.39 is 0 Å². The molecule has 1 heterocycles. The average molecular weight is 331 g/mol. The quantitative estimate of drug-likeness (QED) is 0.848. The van der Waals surface area contributed by atoms with Gasteiger partial charge in [0.1, 0.15) is 5.00 Å². The maximum absolute atomic E-state index is 12.9. The summed E-state index contributed by atoms with van der Waals surface area (Å²) in [5.74, 6) is 0.371. The number of fused-ring (bicyclic) bond motifs is 1. The smallest absolute Gasteiger partial charge is 0.234 e. The van der Waals surface area contributed by atoms with Crippen LogP contribution in [0.5, 0.6) is 0 Å². The number of benzene rings is 1. The molecule has 0 fully saturated rings. The van der Waals surface area contributed by atoms with Gasteiger partial charge < -0.3 is 5.32 Å². The molecule has 1 amide bonds. The van der Waals surface area contributed by atoms with E-state index in [0.717, 1.165) is 29.8 Å².